The van der Waals surface area contributed by atoms with Crippen LogP contribution in [0.1, 0.15) is 26.7 Å². The minimum atomic E-state index is -3.44. The average Bonchev–Trinajstić information content (AvgIpc) is 2.26. The van der Waals surface area contributed by atoms with Gasteiger partial charge >= 0.3 is 0 Å². The van der Waals surface area contributed by atoms with Crippen LogP contribution in [0.3, 0.4) is 0 Å². The number of hydrogen-bond donors (Lipinski definition) is 1. The highest BCUT2D eigenvalue weighted by Gasteiger charge is 2.17. The van der Waals surface area contributed by atoms with Gasteiger partial charge in [0.2, 0.25) is 10.0 Å². The fraction of sp³-hybridized carbons (Fsp3) is 0.455. The van der Waals surface area contributed by atoms with E-state index in [2.05, 4.69) is 4.72 Å². The van der Waals surface area contributed by atoms with Crippen LogP contribution >= 0.6 is 11.6 Å². The summed E-state index contributed by atoms with van der Waals surface area (Å²) >= 11 is 5.76. The third-order valence-electron chi connectivity index (χ3n) is 2.41. The predicted octanol–water partition coefficient (Wildman–Crippen LogP) is 2.81. The summed E-state index contributed by atoms with van der Waals surface area (Å²) in [5.74, 6) is 0. The van der Waals surface area contributed by atoms with Crippen molar-refractivity contribution in [3.05, 3.63) is 29.3 Å². The monoisotopic (exact) mass is 261 g/mol. The zero-order valence-electron chi connectivity index (χ0n) is 9.40. The van der Waals surface area contributed by atoms with Gasteiger partial charge in [-0.3, -0.25) is 0 Å². The first-order valence-corrected chi connectivity index (χ1v) is 7.13. The Balaban J connectivity index is 2.94. The molecule has 1 aromatic rings. The topological polar surface area (TPSA) is 46.2 Å². The molecule has 1 rings (SSSR count). The van der Waals surface area contributed by atoms with E-state index in [0.717, 1.165) is 12.8 Å². The average molecular weight is 262 g/mol. The van der Waals surface area contributed by atoms with Crippen molar-refractivity contribution in [3.63, 3.8) is 0 Å². The van der Waals surface area contributed by atoms with Gasteiger partial charge in [-0.15, -0.1) is 0 Å². The summed E-state index contributed by atoms with van der Waals surface area (Å²) in [4.78, 5) is 0.215. The summed E-state index contributed by atoms with van der Waals surface area (Å²) in [5, 5.41) is 0.424. The van der Waals surface area contributed by atoms with Gasteiger partial charge in [0, 0.05) is 11.1 Å². The lowest BCUT2D eigenvalue weighted by atomic mass is 10.2. The molecule has 0 amide bonds. The summed E-state index contributed by atoms with van der Waals surface area (Å²) in [6, 6.07) is 6.24. The molecule has 1 aromatic carbocycles. The van der Waals surface area contributed by atoms with Gasteiger partial charge in [-0.2, -0.15) is 0 Å². The molecule has 3 nitrogen and oxygen atoms in total. The van der Waals surface area contributed by atoms with E-state index in [1.165, 1.54) is 12.1 Å². The van der Waals surface area contributed by atoms with E-state index < -0.39 is 10.0 Å². The van der Waals surface area contributed by atoms with Gasteiger partial charge in [-0.25, -0.2) is 13.1 Å². The maximum absolute atomic E-state index is 11.9. The largest absolute Gasteiger partial charge is 0.240 e. The summed E-state index contributed by atoms with van der Waals surface area (Å²) in [7, 11) is -3.44. The summed E-state index contributed by atoms with van der Waals surface area (Å²) < 4.78 is 26.5. The molecule has 0 fully saturated rings. The smallest absolute Gasteiger partial charge is 0.208 e. The van der Waals surface area contributed by atoms with Crippen molar-refractivity contribution in [2.24, 2.45) is 0 Å². The van der Waals surface area contributed by atoms with Gasteiger partial charge in [0.25, 0.3) is 0 Å². The van der Waals surface area contributed by atoms with Crippen LogP contribution < -0.4 is 4.72 Å². The number of benzene rings is 1. The number of sulfonamides is 1. The highest BCUT2D eigenvalue weighted by atomic mass is 35.5. The van der Waals surface area contributed by atoms with E-state index in [4.69, 9.17) is 11.6 Å². The Morgan fingerprint density at radius 1 is 1.31 bits per heavy atom. The number of hydrogen-bond acceptors (Lipinski definition) is 2. The molecule has 0 radical (unpaired) electrons. The third kappa shape index (κ3) is 3.47. The molecular weight excluding hydrogens is 246 g/mol. The molecule has 0 atom stereocenters. The summed E-state index contributed by atoms with van der Waals surface area (Å²) in [5.41, 5.74) is 0. The molecule has 0 aromatic heterocycles. The van der Waals surface area contributed by atoms with E-state index in [9.17, 15) is 8.42 Å². The second-order valence-corrected chi connectivity index (χ2v) is 5.74. The molecule has 90 valence electrons. The van der Waals surface area contributed by atoms with Gasteiger partial charge in [0.1, 0.15) is 0 Å². The van der Waals surface area contributed by atoms with Crippen molar-refractivity contribution in [1.82, 2.24) is 4.72 Å². The molecule has 16 heavy (non-hydrogen) atoms. The van der Waals surface area contributed by atoms with Crippen molar-refractivity contribution in [2.45, 2.75) is 37.6 Å². The van der Waals surface area contributed by atoms with Gasteiger partial charge in [0.05, 0.1) is 4.90 Å². The first-order valence-electron chi connectivity index (χ1n) is 5.27. The standard InChI is InChI=1S/C11H16ClNO2S/c1-3-10(4-2)13-16(14,15)11-7-5-6-9(12)8-11/h5-8,10,13H,3-4H2,1-2H3. The zero-order chi connectivity index (χ0) is 12.2. The van der Waals surface area contributed by atoms with Crippen LogP contribution in [0, 0.1) is 0 Å². The second kappa shape index (κ2) is 5.66. The Kier molecular flexibility index (Phi) is 4.77. The van der Waals surface area contributed by atoms with Crippen molar-refractivity contribution >= 4 is 21.6 Å². The van der Waals surface area contributed by atoms with Crippen LogP contribution in [0.25, 0.3) is 0 Å². The van der Waals surface area contributed by atoms with Crippen LogP contribution in [-0.2, 0) is 10.0 Å². The molecule has 0 aliphatic carbocycles. The van der Waals surface area contributed by atoms with Crippen LogP contribution in [0.4, 0.5) is 0 Å². The lowest BCUT2D eigenvalue weighted by molar-refractivity contribution is 0.530. The van der Waals surface area contributed by atoms with E-state index in [0.29, 0.717) is 5.02 Å². The SMILES string of the molecule is CCC(CC)NS(=O)(=O)c1cccc(Cl)c1. The fourth-order valence-corrected chi connectivity index (χ4v) is 3.08. The Morgan fingerprint density at radius 3 is 2.44 bits per heavy atom. The lowest BCUT2D eigenvalue weighted by Crippen LogP contribution is -2.33. The predicted molar refractivity (Wildman–Crippen MR) is 66.1 cm³/mol. The van der Waals surface area contributed by atoms with Crippen LogP contribution in [0.2, 0.25) is 5.02 Å². The number of nitrogens with one attached hydrogen (secondary N) is 1. The molecule has 0 aliphatic rings. The van der Waals surface area contributed by atoms with Gasteiger partial charge in [-0.1, -0.05) is 31.5 Å². The molecule has 0 unspecified atom stereocenters. The Morgan fingerprint density at radius 2 is 1.94 bits per heavy atom. The molecule has 5 heteroatoms. The molecule has 1 N–H and O–H groups in total. The first kappa shape index (κ1) is 13.5. The van der Waals surface area contributed by atoms with E-state index in [1.807, 2.05) is 13.8 Å². The number of halogens is 1. The first-order chi connectivity index (χ1) is 7.49. The summed E-state index contributed by atoms with van der Waals surface area (Å²) in [6.45, 7) is 3.91. The fourth-order valence-electron chi connectivity index (χ4n) is 1.38. The van der Waals surface area contributed by atoms with Crippen molar-refractivity contribution < 1.29 is 8.42 Å². The molecule has 0 spiro atoms. The Bertz CT molecular complexity index is 441. The van der Waals surface area contributed by atoms with Crippen molar-refractivity contribution in [3.8, 4) is 0 Å². The Hall–Kier alpha value is -0.580. The highest BCUT2D eigenvalue weighted by Crippen LogP contribution is 2.16. The summed E-state index contributed by atoms with van der Waals surface area (Å²) in [6.07, 6.45) is 1.55. The normalized spacial score (nSPS) is 12.0. The van der Waals surface area contributed by atoms with Crippen LogP contribution in [0.15, 0.2) is 29.2 Å². The van der Waals surface area contributed by atoms with E-state index in [1.54, 1.807) is 12.1 Å². The lowest BCUT2D eigenvalue weighted by Gasteiger charge is -2.14. The van der Waals surface area contributed by atoms with Crippen LogP contribution in [-0.4, -0.2) is 14.5 Å². The molecule has 0 saturated carbocycles. The highest BCUT2D eigenvalue weighted by molar-refractivity contribution is 7.89. The van der Waals surface area contributed by atoms with Crippen molar-refractivity contribution in [2.75, 3.05) is 0 Å². The van der Waals surface area contributed by atoms with Gasteiger partial charge < -0.3 is 0 Å². The van der Waals surface area contributed by atoms with Gasteiger partial charge in [-0.05, 0) is 31.0 Å². The van der Waals surface area contributed by atoms with Crippen LogP contribution in [0.5, 0.6) is 0 Å². The Labute approximate surface area is 102 Å². The molecular formula is C11H16ClNO2S. The minimum Gasteiger partial charge on any atom is -0.208 e. The molecule has 0 saturated heterocycles. The number of rotatable bonds is 5. The maximum atomic E-state index is 11.9. The second-order valence-electron chi connectivity index (χ2n) is 3.59. The molecule has 0 aliphatic heterocycles. The van der Waals surface area contributed by atoms with E-state index >= 15 is 0 Å². The quantitative estimate of drug-likeness (QED) is 0.886. The molecule has 0 heterocycles. The minimum absolute atomic E-state index is 0.0241. The van der Waals surface area contributed by atoms with Gasteiger partial charge in [0.15, 0.2) is 0 Å². The zero-order valence-corrected chi connectivity index (χ0v) is 11.0. The molecule has 0 bridgehead atoms. The third-order valence-corrected chi connectivity index (χ3v) is 4.17. The van der Waals surface area contributed by atoms with E-state index in [-0.39, 0.29) is 10.9 Å². The maximum Gasteiger partial charge on any atom is 0.240 e. The van der Waals surface area contributed by atoms with Crippen molar-refractivity contribution in [1.29, 1.82) is 0 Å².